The summed E-state index contributed by atoms with van der Waals surface area (Å²) in [5, 5.41) is 2.31. The van der Waals surface area contributed by atoms with Crippen molar-refractivity contribution in [3.8, 4) is 0 Å². The molecule has 1 amide bonds. The summed E-state index contributed by atoms with van der Waals surface area (Å²) in [6, 6.07) is -1.92. The van der Waals surface area contributed by atoms with E-state index in [4.69, 9.17) is 10.5 Å². The van der Waals surface area contributed by atoms with Crippen LogP contribution in [-0.4, -0.2) is 47.5 Å². The van der Waals surface area contributed by atoms with Crippen molar-refractivity contribution in [1.82, 2.24) is 9.88 Å². The largest absolute Gasteiger partial charge is 0.466 e. The van der Waals surface area contributed by atoms with Crippen molar-refractivity contribution < 1.29 is 53.8 Å². The van der Waals surface area contributed by atoms with Crippen LogP contribution in [0.15, 0.2) is 46.7 Å². The Morgan fingerprint density at radius 2 is 1.61 bits per heavy atom. The first kappa shape index (κ1) is 41.3. The Hall–Kier alpha value is -4.08. The molecule has 0 bridgehead atoms. The maximum Gasteiger partial charge on any atom is 0.416 e. The Bertz CT molecular complexity index is 1730. The van der Waals surface area contributed by atoms with E-state index in [0.29, 0.717) is 4.57 Å². The van der Waals surface area contributed by atoms with Gasteiger partial charge in [-0.25, -0.2) is 13.2 Å². The maximum absolute atomic E-state index is 16.6. The number of aromatic nitrogens is 1. The second-order valence-electron chi connectivity index (χ2n) is 13.1. The van der Waals surface area contributed by atoms with Gasteiger partial charge in [-0.05, 0) is 82.0 Å². The first-order valence-corrected chi connectivity index (χ1v) is 16.0. The number of esters is 1. The van der Waals surface area contributed by atoms with Gasteiger partial charge in [-0.3, -0.25) is 14.4 Å². The quantitative estimate of drug-likeness (QED) is 0.175. The zero-order valence-electron chi connectivity index (χ0n) is 28.8. The summed E-state index contributed by atoms with van der Waals surface area (Å²) in [6.07, 6.45) is -12.1. The Balaban J connectivity index is 2.23. The van der Waals surface area contributed by atoms with Crippen LogP contribution < -0.4 is 16.6 Å². The molecule has 1 aliphatic carbocycles. The molecule has 3 unspecified atom stereocenters. The van der Waals surface area contributed by atoms with Gasteiger partial charge in [0.2, 0.25) is 5.91 Å². The summed E-state index contributed by atoms with van der Waals surface area (Å²) in [4.78, 5) is 39.8. The van der Waals surface area contributed by atoms with Crippen LogP contribution in [-0.2, 0) is 33.1 Å². The standard InChI is InChI=1S/C35H40F9N3O4/c1-7-51-27(49)14-24(29-30(36)19(4)12-22(31(29)37)28-17(2)10-21(11-18(28)3)34(39,40)41)46-32(50)25(15-33(5,6)38)47-16-20(8-9-45)23(13-26(47)48)35(42,43)44/h10-13,16,19,24-25,30H,7-9,14-15,45H2,1-6H3,(H,46,50)/t19?,24-,25?,30?/m0/s1. The summed E-state index contributed by atoms with van der Waals surface area (Å²) in [6.45, 7) is 7.00. The van der Waals surface area contributed by atoms with E-state index < -0.39 is 101 Å². The van der Waals surface area contributed by atoms with Crippen LogP contribution >= 0.6 is 0 Å². The van der Waals surface area contributed by atoms with Crippen molar-refractivity contribution in [3.63, 3.8) is 0 Å². The van der Waals surface area contributed by atoms with Crippen molar-refractivity contribution in [2.45, 2.75) is 97.1 Å². The summed E-state index contributed by atoms with van der Waals surface area (Å²) >= 11 is 0. The number of carbonyl (C=O) groups excluding carboxylic acids is 2. The topological polar surface area (TPSA) is 103 Å². The molecule has 1 aromatic heterocycles. The fourth-order valence-corrected chi connectivity index (χ4v) is 6.19. The minimum Gasteiger partial charge on any atom is -0.466 e. The fourth-order valence-electron chi connectivity index (χ4n) is 6.19. The molecular weight excluding hydrogens is 697 g/mol. The van der Waals surface area contributed by atoms with Crippen LogP contribution in [0, 0.1) is 19.8 Å². The third-order valence-electron chi connectivity index (χ3n) is 8.38. The number of hydrogen-bond acceptors (Lipinski definition) is 5. The highest BCUT2D eigenvalue weighted by molar-refractivity contribution is 5.86. The molecule has 0 spiro atoms. The predicted molar refractivity (Wildman–Crippen MR) is 172 cm³/mol. The summed E-state index contributed by atoms with van der Waals surface area (Å²) in [7, 11) is 0. The number of alkyl halides is 8. The molecule has 2 aromatic rings. The van der Waals surface area contributed by atoms with Crippen molar-refractivity contribution >= 4 is 17.4 Å². The number of nitrogens with zero attached hydrogens (tertiary/aromatic N) is 1. The van der Waals surface area contributed by atoms with Gasteiger partial charge in [0.05, 0.1) is 30.2 Å². The van der Waals surface area contributed by atoms with Gasteiger partial charge in [0.1, 0.15) is 23.7 Å². The molecule has 0 aliphatic heterocycles. The van der Waals surface area contributed by atoms with Crippen molar-refractivity contribution in [3.05, 3.63) is 85.6 Å². The van der Waals surface area contributed by atoms with Crippen molar-refractivity contribution in [1.29, 1.82) is 0 Å². The molecule has 0 saturated carbocycles. The number of allylic oxidation sites excluding steroid dienone is 3. The lowest BCUT2D eigenvalue weighted by Crippen LogP contribution is -2.47. The Morgan fingerprint density at radius 1 is 1.02 bits per heavy atom. The molecule has 1 aliphatic rings. The molecular formula is C35H40F9N3O4. The van der Waals surface area contributed by atoms with E-state index in [1.54, 1.807) is 0 Å². The van der Waals surface area contributed by atoms with Gasteiger partial charge >= 0.3 is 18.3 Å². The second-order valence-corrected chi connectivity index (χ2v) is 13.1. The van der Waals surface area contributed by atoms with Crippen LogP contribution in [0.3, 0.4) is 0 Å². The lowest BCUT2D eigenvalue weighted by Gasteiger charge is -2.33. The lowest BCUT2D eigenvalue weighted by molar-refractivity contribution is -0.144. The summed E-state index contributed by atoms with van der Waals surface area (Å²) in [5.41, 5.74) is -1.94. The minimum atomic E-state index is -4.97. The van der Waals surface area contributed by atoms with Gasteiger partial charge in [-0.15, -0.1) is 0 Å². The molecule has 3 rings (SSSR count). The van der Waals surface area contributed by atoms with E-state index in [-0.39, 0.29) is 47.9 Å². The van der Waals surface area contributed by atoms with Crippen molar-refractivity contribution in [2.24, 2.45) is 11.7 Å². The van der Waals surface area contributed by atoms with E-state index in [0.717, 1.165) is 32.2 Å². The van der Waals surface area contributed by atoms with Gasteiger partial charge in [0.15, 0.2) is 0 Å². The molecule has 1 heterocycles. The minimum absolute atomic E-state index is 0.00114. The summed E-state index contributed by atoms with van der Waals surface area (Å²) < 4.78 is 135. The number of halogens is 9. The number of hydrogen-bond donors (Lipinski definition) is 2. The molecule has 4 atom stereocenters. The number of benzene rings is 1. The first-order valence-electron chi connectivity index (χ1n) is 16.0. The highest BCUT2D eigenvalue weighted by Gasteiger charge is 2.41. The normalized spacial score (nSPS) is 18.3. The first-order chi connectivity index (χ1) is 23.4. The zero-order valence-corrected chi connectivity index (χ0v) is 28.8. The SMILES string of the molecule is CCOC(=O)C[C@H](NC(=O)C(CC(C)(C)F)n1cc(CCN)c(C(F)(F)F)cc1=O)C1=C(F)C(c2c(C)cc(C(F)(F)F)cc2C)=CC(C)C1F. The zero-order chi connectivity index (χ0) is 38.8. The molecule has 3 N–H and O–H groups in total. The maximum atomic E-state index is 16.6. The Morgan fingerprint density at radius 3 is 2.10 bits per heavy atom. The molecule has 282 valence electrons. The lowest BCUT2D eigenvalue weighted by atomic mass is 9.80. The third kappa shape index (κ3) is 9.83. The number of carbonyl (C=O) groups is 2. The van der Waals surface area contributed by atoms with Crippen LogP contribution in [0.2, 0.25) is 0 Å². The number of nitrogens with one attached hydrogen (secondary N) is 1. The number of pyridine rings is 1. The van der Waals surface area contributed by atoms with E-state index in [2.05, 4.69) is 5.32 Å². The van der Waals surface area contributed by atoms with Crippen LogP contribution in [0.4, 0.5) is 39.5 Å². The van der Waals surface area contributed by atoms with Crippen LogP contribution in [0.25, 0.3) is 5.57 Å². The smallest absolute Gasteiger partial charge is 0.416 e. The molecule has 16 heteroatoms. The van der Waals surface area contributed by atoms with E-state index in [9.17, 15) is 40.7 Å². The highest BCUT2D eigenvalue weighted by atomic mass is 19.4. The van der Waals surface area contributed by atoms with E-state index in [1.165, 1.54) is 33.8 Å². The number of aryl methyl sites for hydroxylation is 2. The van der Waals surface area contributed by atoms with Gasteiger partial charge in [0.25, 0.3) is 5.56 Å². The molecule has 1 aromatic carbocycles. The van der Waals surface area contributed by atoms with Crippen LogP contribution in [0.5, 0.6) is 0 Å². The monoisotopic (exact) mass is 737 g/mol. The number of nitrogens with two attached hydrogens (primary N) is 1. The van der Waals surface area contributed by atoms with Crippen molar-refractivity contribution in [2.75, 3.05) is 13.2 Å². The Kier molecular flexibility index (Phi) is 12.7. The molecule has 0 radical (unpaired) electrons. The molecule has 0 saturated heterocycles. The number of rotatable bonds is 12. The fraction of sp³-hybridized carbons (Fsp3) is 0.514. The predicted octanol–water partition coefficient (Wildman–Crippen LogP) is 7.42. The van der Waals surface area contributed by atoms with Crippen LogP contribution in [0.1, 0.15) is 80.0 Å². The van der Waals surface area contributed by atoms with Gasteiger partial charge in [0, 0.05) is 35.7 Å². The van der Waals surface area contributed by atoms with E-state index in [1.807, 2.05) is 0 Å². The molecule has 7 nitrogen and oxygen atoms in total. The van der Waals surface area contributed by atoms with Gasteiger partial charge in [-0.1, -0.05) is 13.0 Å². The Labute approximate surface area is 288 Å². The van der Waals surface area contributed by atoms with Gasteiger partial charge in [-0.2, -0.15) is 26.3 Å². The van der Waals surface area contributed by atoms with Gasteiger partial charge < -0.3 is 20.4 Å². The average molecular weight is 738 g/mol. The molecule has 51 heavy (non-hydrogen) atoms. The number of amides is 1. The molecule has 0 fully saturated rings. The summed E-state index contributed by atoms with van der Waals surface area (Å²) in [5.74, 6) is -4.73. The second kappa shape index (κ2) is 15.7. The average Bonchev–Trinajstić information content (AvgIpc) is 2.97. The highest BCUT2D eigenvalue weighted by Crippen LogP contribution is 2.43. The third-order valence-corrected chi connectivity index (χ3v) is 8.38. The number of ether oxygens (including phenoxy) is 1. The van der Waals surface area contributed by atoms with E-state index >= 15 is 13.2 Å².